The van der Waals surface area contributed by atoms with Crippen molar-refractivity contribution < 1.29 is 16.9 Å². The van der Waals surface area contributed by atoms with Gasteiger partial charge in [-0.05, 0) is 65.3 Å². The maximum atomic E-state index is 6.71. The molecule has 0 radical (unpaired) electrons. The van der Waals surface area contributed by atoms with Gasteiger partial charge in [-0.15, -0.1) is 0 Å². The molecule has 0 aromatic carbocycles. The van der Waals surface area contributed by atoms with Crippen molar-refractivity contribution in [1.82, 2.24) is 4.57 Å². The first kappa shape index (κ1) is 23.0. The van der Waals surface area contributed by atoms with Crippen LogP contribution in [0, 0.1) is 0 Å². The molecule has 0 bridgehead atoms. The van der Waals surface area contributed by atoms with Crippen molar-refractivity contribution in [2.45, 2.75) is 77.9 Å². The smallest absolute Gasteiger partial charge is 0.417 e. The third kappa shape index (κ3) is 10.0. The second-order valence-corrected chi connectivity index (χ2v) is 26.7. The average Bonchev–Trinajstić information content (AvgIpc) is 2.67. The molecule has 0 amide bonds. The van der Waals surface area contributed by atoms with Crippen LogP contribution in [-0.4, -0.2) is 38.3 Å². The Morgan fingerprint density at radius 2 is 1.24 bits per heavy atom. The lowest BCUT2D eigenvalue weighted by Crippen LogP contribution is -2.60. The maximum Gasteiger partial charge on any atom is 0.469 e. The first-order valence-electron chi connectivity index (χ1n) is 9.21. The molecule has 146 valence electrons. The number of aromatic nitrogens is 2. The highest BCUT2D eigenvalue weighted by molar-refractivity contribution is 6.90. The van der Waals surface area contributed by atoms with Gasteiger partial charge in [-0.3, -0.25) is 0 Å². The first-order chi connectivity index (χ1) is 11.1. The molecule has 1 aromatic heterocycles. The topological polar surface area (TPSA) is 36.5 Å². The van der Waals surface area contributed by atoms with Gasteiger partial charge in [0.15, 0.2) is 25.0 Å². The third-order valence-corrected chi connectivity index (χ3v) is 15.2. The largest absolute Gasteiger partial charge is 0.469 e. The van der Waals surface area contributed by atoms with E-state index in [0.717, 1.165) is 19.0 Å². The summed E-state index contributed by atoms with van der Waals surface area (Å²) < 4.78 is 24.4. The van der Waals surface area contributed by atoms with Crippen molar-refractivity contribution >= 4 is 33.8 Å². The molecule has 25 heavy (non-hydrogen) atoms. The summed E-state index contributed by atoms with van der Waals surface area (Å²) in [5.41, 5.74) is 0. The van der Waals surface area contributed by atoms with Crippen LogP contribution in [0.1, 0.15) is 6.42 Å². The van der Waals surface area contributed by atoms with Crippen molar-refractivity contribution in [1.29, 1.82) is 0 Å². The Bertz CT molecular complexity index is 504. The molecule has 0 saturated carbocycles. The summed E-state index contributed by atoms with van der Waals surface area (Å²) in [7, 11) is -5.95. The van der Waals surface area contributed by atoms with Crippen LogP contribution in [0.2, 0.25) is 65.0 Å². The highest BCUT2D eigenvalue weighted by Gasteiger charge is 2.49. The molecule has 1 heterocycles. The number of hydrogen-bond donors (Lipinski definition) is 0. The molecular weight excluding hydrogens is 381 g/mol. The molecule has 5 nitrogen and oxygen atoms in total. The summed E-state index contributed by atoms with van der Waals surface area (Å²) in [6, 6.07) is 0.897. The van der Waals surface area contributed by atoms with Crippen LogP contribution in [0.25, 0.3) is 0 Å². The normalized spacial score (nSPS) is 14.2. The van der Waals surface area contributed by atoms with E-state index in [-0.39, 0.29) is 0 Å². The van der Waals surface area contributed by atoms with Crippen LogP contribution in [-0.2, 0) is 25.9 Å². The Labute approximate surface area is 159 Å². The van der Waals surface area contributed by atoms with E-state index in [1.807, 2.05) is 7.05 Å². The van der Waals surface area contributed by atoms with E-state index >= 15 is 0 Å². The average molecular weight is 420 g/mol. The van der Waals surface area contributed by atoms with Gasteiger partial charge in [-0.1, -0.05) is 0 Å². The van der Waals surface area contributed by atoms with E-state index in [9.17, 15) is 0 Å². The number of imidazole rings is 1. The van der Waals surface area contributed by atoms with E-state index in [1.165, 1.54) is 0 Å². The molecule has 0 aliphatic heterocycles. The Morgan fingerprint density at radius 3 is 1.56 bits per heavy atom. The fourth-order valence-electron chi connectivity index (χ4n) is 2.73. The third-order valence-electron chi connectivity index (χ3n) is 3.11. The minimum Gasteiger partial charge on any atom is -0.417 e. The number of rotatable bonds is 10. The summed E-state index contributed by atoms with van der Waals surface area (Å²) in [6.45, 7) is 21.1. The van der Waals surface area contributed by atoms with Gasteiger partial charge in [0.25, 0.3) is 0 Å². The Balaban J connectivity index is 2.99. The fourth-order valence-corrected chi connectivity index (χ4v) is 17.4. The SMILES string of the molecule is C[n+]1ccn(CCC[Si](O[Si](C)(C)C)(O[Si](C)(C)C)O[Si](C)(C)C)c1. The fraction of sp³-hybridized carbons (Fsp3) is 0.812. The molecule has 1 aromatic rings. The van der Waals surface area contributed by atoms with Crippen LogP contribution in [0.15, 0.2) is 18.7 Å². The zero-order valence-electron chi connectivity index (χ0n) is 18.0. The molecular formula is C16H39N2O3Si4+. The second-order valence-electron chi connectivity index (χ2n) is 9.75. The molecule has 0 fully saturated rings. The number of aryl methyl sites for hydroxylation is 2. The predicted octanol–water partition coefficient (Wildman–Crippen LogP) is 4.20. The molecule has 0 atom stereocenters. The van der Waals surface area contributed by atoms with Crippen molar-refractivity contribution in [3.8, 4) is 0 Å². The van der Waals surface area contributed by atoms with Crippen molar-refractivity contribution in [3.05, 3.63) is 18.7 Å². The van der Waals surface area contributed by atoms with Gasteiger partial charge in [-0.25, -0.2) is 9.13 Å². The standard InChI is InChI=1S/C16H39N2O3Si4/c1-17-13-14-18(16-17)12-11-15-25(19-22(2,3)4,20-23(5,6)7)21-24(8,9)10/h13-14,16H,11-12,15H2,1-10H3/q+1. The lowest BCUT2D eigenvalue weighted by Gasteiger charge is -2.42. The summed E-state index contributed by atoms with van der Waals surface area (Å²) in [4.78, 5) is 0. The zero-order valence-corrected chi connectivity index (χ0v) is 22.0. The van der Waals surface area contributed by atoms with Crippen molar-refractivity contribution in [2.24, 2.45) is 7.05 Å². The van der Waals surface area contributed by atoms with E-state index in [0.29, 0.717) is 0 Å². The molecule has 0 aliphatic rings. The Hall–Kier alpha value is -0.0425. The summed E-state index contributed by atoms with van der Waals surface area (Å²) in [5.74, 6) is 0. The Kier molecular flexibility index (Phi) is 7.65. The number of nitrogens with zero attached hydrogens (tertiary/aromatic N) is 2. The van der Waals surface area contributed by atoms with Gasteiger partial charge in [-0.2, -0.15) is 0 Å². The molecule has 0 unspecified atom stereocenters. The monoisotopic (exact) mass is 419 g/mol. The van der Waals surface area contributed by atoms with Gasteiger partial charge in [0.1, 0.15) is 12.4 Å². The first-order valence-corrected chi connectivity index (χ1v) is 21.4. The maximum absolute atomic E-state index is 6.71. The molecule has 0 N–H and O–H groups in total. The van der Waals surface area contributed by atoms with Gasteiger partial charge in [0.05, 0.1) is 13.6 Å². The Morgan fingerprint density at radius 1 is 0.800 bits per heavy atom. The van der Waals surface area contributed by atoms with E-state index in [2.05, 4.69) is 86.8 Å². The molecule has 0 spiro atoms. The second kappa shape index (κ2) is 8.32. The lowest BCUT2D eigenvalue weighted by molar-refractivity contribution is -0.671. The summed E-state index contributed by atoms with van der Waals surface area (Å²) in [5, 5.41) is 0. The van der Waals surface area contributed by atoms with Crippen LogP contribution < -0.4 is 4.57 Å². The number of hydrogen-bond acceptors (Lipinski definition) is 3. The molecule has 9 heteroatoms. The summed E-state index contributed by atoms with van der Waals surface area (Å²) >= 11 is 0. The van der Waals surface area contributed by atoms with Crippen LogP contribution in [0.5, 0.6) is 0 Å². The van der Waals surface area contributed by atoms with E-state index in [1.54, 1.807) is 0 Å². The molecule has 1 rings (SSSR count). The van der Waals surface area contributed by atoms with Gasteiger partial charge in [0, 0.05) is 6.04 Å². The molecule has 0 saturated heterocycles. The summed E-state index contributed by atoms with van der Waals surface area (Å²) in [6.07, 6.45) is 7.31. The van der Waals surface area contributed by atoms with Gasteiger partial charge >= 0.3 is 8.80 Å². The minimum atomic E-state index is -2.68. The van der Waals surface area contributed by atoms with Gasteiger partial charge < -0.3 is 12.3 Å². The van der Waals surface area contributed by atoms with Crippen LogP contribution >= 0.6 is 0 Å². The van der Waals surface area contributed by atoms with Crippen LogP contribution in [0.3, 0.4) is 0 Å². The van der Waals surface area contributed by atoms with Gasteiger partial charge in [0.2, 0.25) is 6.33 Å². The van der Waals surface area contributed by atoms with E-state index < -0.39 is 33.8 Å². The quantitative estimate of drug-likeness (QED) is 0.421. The molecule has 0 aliphatic carbocycles. The van der Waals surface area contributed by atoms with E-state index in [4.69, 9.17) is 12.3 Å². The van der Waals surface area contributed by atoms with Crippen LogP contribution in [0.4, 0.5) is 0 Å². The van der Waals surface area contributed by atoms with Crippen molar-refractivity contribution in [2.75, 3.05) is 0 Å². The predicted molar refractivity (Wildman–Crippen MR) is 114 cm³/mol. The zero-order chi connectivity index (χ0) is 19.5. The van der Waals surface area contributed by atoms with Crippen molar-refractivity contribution in [3.63, 3.8) is 0 Å². The highest BCUT2D eigenvalue weighted by atomic mass is 28.5. The lowest BCUT2D eigenvalue weighted by atomic mass is 10.5. The highest BCUT2D eigenvalue weighted by Crippen LogP contribution is 2.30. The minimum absolute atomic E-state index is 0.897.